The second kappa shape index (κ2) is 6.90. The van der Waals surface area contributed by atoms with Gasteiger partial charge in [0.25, 0.3) is 0 Å². The molecule has 0 spiro atoms. The van der Waals surface area contributed by atoms with Crippen molar-refractivity contribution in [3.8, 4) is 0 Å². The summed E-state index contributed by atoms with van der Waals surface area (Å²) in [6.07, 6.45) is 12.1. The van der Waals surface area contributed by atoms with Crippen LogP contribution in [0.25, 0.3) is 0 Å². The highest BCUT2D eigenvalue weighted by Crippen LogP contribution is 2.27. The Hall–Kier alpha value is -1.61. The van der Waals surface area contributed by atoms with E-state index in [9.17, 15) is 0 Å². The Labute approximate surface area is 127 Å². The van der Waals surface area contributed by atoms with Crippen LogP contribution in [0.15, 0.2) is 42.9 Å². The van der Waals surface area contributed by atoms with Crippen molar-refractivity contribution in [2.75, 3.05) is 0 Å². The lowest BCUT2D eigenvalue weighted by Crippen LogP contribution is -2.18. The van der Waals surface area contributed by atoms with Gasteiger partial charge in [-0.2, -0.15) is 0 Å². The lowest BCUT2D eigenvalue weighted by atomic mass is 9.87. The molecule has 2 N–H and O–H groups in total. The van der Waals surface area contributed by atoms with Crippen molar-refractivity contribution in [2.45, 2.75) is 51.1 Å². The fraction of sp³-hybridized carbons (Fsp3) is 0.500. The fourth-order valence-electron chi connectivity index (χ4n) is 3.41. The minimum atomic E-state index is -0.0833. The zero-order valence-electron chi connectivity index (χ0n) is 12.6. The Morgan fingerprint density at radius 2 is 1.90 bits per heavy atom. The summed E-state index contributed by atoms with van der Waals surface area (Å²) in [5, 5.41) is 0. The monoisotopic (exact) mass is 283 g/mol. The van der Waals surface area contributed by atoms with Gasteiger partial charge in [0, 0.05) is 6.54 Å². The lowest BCUT2D eigenvalue weighted by Gasteiger charge is -2.22. The van der Waals surface area contributed by atoms with E-state index in [1.54, 1.807) is 0 Å². The van der Waals surface area contributed by atoms with Gasteiger partial charge in [-0.1, -0.05) is 62.4 Å². The molecule has 1 saturated carbocycles. The number of imidazole rings is 1. The summed E-state index contributed by atoms with van der Waals surface area (Å²) in [5.74, 6) is 0.891. The van der Waals surface area contributed by atoms with Crippen LogP contribution in [-0.4, -0.2) is 9.55 Å². The molecule has 1 aliphatic carbocycles. The summed E-state index contributed by atoms with van der Waals surface area (Å²) < 4.78 is 2.24. The van der Waals surface area contributed by atoms with E-state index in [1.807, 2.05) is 30.7 Å². The topological polar surface area (TPSA) is 43.8 Å². The van der Waals surface area contributed by atoms with Gasteiger partial charge in [0.15, 0.2) is 0 Å². The SMILES string of the molecule is NC(c1ccccc1)c1cncn1CCC1CCCCC1. The summed E-state index contributed by atoms with van der Waals surface area (Å²) >= 11 is 0. The first-order chi connectivity index (χ1) is 10.3. The molecule has 1 aromatic heterocycles. The fourth-order valence-corrected chi connectivity index (χ4v) is 3.41. The van der Waals surface area contributed by atoms with Gasteiger partial charge in [-0.25, -0.2) is 4.98 Å². The molecule has 0 bridgehead atoms. The first-order valence-corrected chi connectivity index (χ1v) is 8.15. The molecule has 3 heteroatoms. The lowest BCUT2D eigenvalue weighted by molar-refractivity contribution is 0.322. The maximum atomic E-state index is 6.41. The summed E-state index contributed by atoms with van der Waals surface area (Å²) in [5.41, 5.74) is 8.68. The Balaban J connectivity index is 1.66. The van der Waals surface area contributed by atoms with Gasteiger partial charge in [-0.05, 0) is 17.9 Å². The van der Waals surface area contributed by atoms with Gasteiger partial charge in [0.05, 0.1) is 24.3 Å². The maximum absolute atomic E-state index is 6.41. The maximum Gasteiger partial charge on any atom is 0.0948 e. The van der Waals surface area contributed by atoms with E-state index in [-0.39, 0.29) is 6.04 Å². The Bertz CT molecular complexity index is 541. The predicted molar refractivity (Wildman–Crippen MR) is 85.9 cm³/mol. The Morgan fingerprint density at radius 3 is 2.67 bits per heavy atom. The second-order valence-electron chi connectivity index (χ2n) is 6.19. The van der Waals surface area contributed by atoms with Crippen LogP contribution in [0, 0.1) is 5.92 Å². The smallest absolute Gasteiger partial charge is 0.0948 e. The molecule has 1 aliphatic rings. The number of nitrogens with two attached hydrogens (primary N) is 1. The van der Waals surface area contributed by atoms with Crippen LogP contribution in [0.4, 0.5) is 0 Å². The van der Waals surface area contributed by atoms with Gasteiger partial charge in [0.1, 0.15) is 0 Å². The quantitative estimate of drug-likeness (QED) is 0.904. The molecule has 0 saturated heterocycles. The summed E-state index contributed by atoms with van der Waals surface area (Å²) in [7, 11) is 0. The summed E-state index contributed by atoms with van der Waals surface area (Å²) in [6.45, 7) is 1.04. The van der Waals surface area contributed by atoms with Crippen molar-refractivity contribution in [1.29, 1.82) is 0 Å². The molecule has 3 rings (SSSR count). The van der Waals surface area contributed by atoms with Crippen molar-refractivity contribution in [3.05, 3.63) is 54.1 Å². The molecule has 2 aromatic rings. The van der Waals surface area contributed by atoms with Crippen molar-refractivity contribution >= 4 is 0 Å². The summed E-state index contributed by atoms with van der Waals surface area (Å²) in [6, 6.07) is 10.2. The van der Waals surface area contributed by atoms with Gasteiger partial charge >= 0.3 is 0 Å². The highest BCUT2D eigenvalue weighted by Gasteiger charge is 2.16. The van der Waals surface area contributed by atoms with E-state index in [1.165, 1.54) is 38.5 Å². The zero-order valence-corrected chi connectivity index (χ0v) is 12.6. The predicted octanol–water partition coefficient (Wildman–Crippen LogP) is 3.90. The average Bonchev–Trinajstić information content (AvgIpc) is 3.02. The van der Waals surface area contributed by atoms with Crippen molar-refractivity contribution in [2.24, 2.45) is 11.7 Å². The molecule has 3 nitrogen and oxygen atoms in total. The molecule has 1 fully saturated rings. The highest BCUT2D eigenvalue weighted by molar-refractivity contribution is 5.26. The van der Waals surface area contributed by atoms with E-state index in [0.717, 1.165) is 23.7 Å². The number of nitrogens with zero attached hydrogens (tertiary/aromatic N) is 2. The van der Waals surface area contributed by atoms with E-state index >= 15 is 0 Å². The largest absolute Gasteiger partial charge is 0.333 e. The zero-order chi connectivity index (χ0) is 14.5. The van der Waals surface area contributed by atoms with Crippen LogP contribution in [0.1, 0.15) is 55.8 Å². The third-order valence-corrected chi connectivity index (χ3v) is 4.72. The van der Waals surface area contributed by atoms with Crippen LogP contribution in [0.5, 0.6) is 0 Å². The highest BCUT2D eigenvalue weighted by atomic mass is 15.1. The number of hydrogen-bond donors (Lipinski definition) is 1. The van der Waals surface area contributed by atoms with Gasteiger partial charge in [-0.15, -0.1) is 0 Å². The number of hydrogen-bond acceptors (Lipinski definition) is 2. The molecular formula is C18H25N3. The van der Waals surface area contributed by atoms with Crippen LogP contribution in [0.2, 0.25) is 0 Å². The normalized spacial score (nSPS) is 17.8. The third-order valence-electron chi connectivity index (χ3n) is 4.72. The molecule has 112 valence electrons. The molecule has 0 aliphatic heterocycles. The first kappa shape index (κ1) is 14.3. The number of aromatic nitrogens is 2. The van der Waals surface area contributed by atoms with Crippen LogP contribution >= 0.6 is 0 Å². The third kappa shape index (κ3) is 3.53. The molecule has 1 heterocycles. The second-order valence-corrected chi connectivity index (χ2v) is 6.19. The number of rotatable bonds is 5. The van der Waals surface area contributed by atoms with E-state index in [2.05, 4.69) is 21.7 Å². The van der Waals surface area contributed by atoms with Crippen molar-refractivity contribution < 1.29 is 0 Å². The minimum absolute atomic E-state index is 0.0833. The minimum Gasteiger partial charge on any atom is -0.333 e. The standard InChI is InChI=1S/C18H25N3/c19-18(16-9-5-2-6-10-16)17-13-20-14-21(17)12-11-15-7-3-1-4-8-15/h2,5-6,9-10,13-15,18H,1,3-4,7-8,11-12,19H2. The molecular weight excluding hydrogens is 258 g/mol. The molecule has 1 aromatic carbocycles. The molecule has 1 atom stereocenters. The molecule has 0 amide bonds. The van der Waals surface area contributed by atoms with E-state index in [4.69, 9.17) is 5.73 Å². The van der Waals surface area contributed by atoms with Crippen LogP contribution < -0.4 is 5.73 Å². The molecule has 1 unspecified atom stereocenters. The van der Waals surface area contributed by atoms with Gasteiger partial charge in [-0.3, -0.25) is 0 Å². The van der Waals surface area contributed by atoms with Crippen molar-refractivity contribution in [1.82, 2.24) is 9.55 Å². The Kier molecular flexibility index (Phi) is 4.71. The van der Waals surface area contributed by atoms with E-state index < -0.39 is 0 Å². The number of benzene rings is 1. The van der Waals surface area contributed by atoms with Crippen LogP contribution in [-0.2, 0) is 6.54 Å². The van der Waals surface area contributed by atoms with E-state index in [0.29, 0.717) is 0 Å². The average molecular weight is 283 g/mol. The molecule has 21 heavy (non-hydrogen) atoms. The van der Waals surface area contributed by atoms with Gasteiger partial charge in [0.2, 0.25) is 0 Å². The first-order valence-electron chi connectivity index (χ1n) is 8.15. The Morgan fingerprint density at radius 1 is 1.14 bits per heavy atom. The molecule has 0 radical (unpaired) electrons. The van der Waals surface area contributed by atoms with Crippen molar-refractivity contribution in [3.63, 3.8) is 0 Å². The van der Waals surface area contributed by atoms with Gasteiger partial charge < -0.3 is 10.3 Å². The number of aryl methyl sites for hydroxylation is 1. The summed E-state index contributed by atoms with van der Waals surface area (Å²) in [4.78, 5) is 4.32. The van der Waals surface area contributed by atoms with Crippen LogP contribution in [0.3, 0.4) is 0 Å².